The van der Waals surface area contributed by atoms with E-state index < -0.39 is 23.6 Å². The number of anilines is 1. The average Bonchev–Trinajstić information content (AvgIpc) is 2.66. The largest absolute Gasteiger partial charge is 0.478 e. The highest BCUT2D eigenvalue weighted by atomic mass is 79.9. The monoisotopic (exact) mass is 460 g/mol. The predicted molar refractivity (Wildman–Crippen MR) is 109 cm³/mol. The third-order valence-electron chi connectivity index (χ3n) is 4.97. The molecule has 0 spiro atoms. The zero-order valence-corrected chi connectivity index (χ0v) is 17.3. The lowest BCUT2D eigenvalue weighted by Crippen LogP contribution is -2.35. The van der Waals surface area contributed by atoms with Crippen molar-refractivity contribution < 1.29 is 23.9 Å². The molecule has 1 aliphatic heterocycles. The normalized spacial score (nSPS) is 16.6. The highest BCUT2D eigenvalue weighted by Crippen LogP contribution is 2.39. The van der Waals surface area contributed by atoms with E-state index in [1.54, 1.807) is 19.9 Å². The van der Waals surface area contributed by atoms with Crippen LogP contribution in [0.3, 0.4) is 0 Å². The fraction of sp³-hybridized carbons (Fsp3) is 0.190. The first-order valence-corrected chi connectivity index (χ1v) is 9.53. The molecule has 1 atom stereocenters. The number of carbonyl (C=O) groups excluding carboxylic acids is 2. The molecule has 2 aromatic carbocycles. The van der Waals surface area contributed by atoms with Crippen LogP contribution in [0.4, 0.5) is 10.1 Å². The van der Waals surface area contributed by atoms with Crippen molar-refractivity contribution in [3.63, 3.8) is 0 Å². The van der Waals surface area contributed by atoms with Crippen LogP contribution in [0.5, 0.6) is 0 Å². The average molecular weight is 461 g/mol. The minimum Gasteiger partial charge on any atom is -0.478 e. The number of nitrogens with zero attached hydrogens (tertiary/aromatic N) is 1. The quantitative estimate of drug-likeness (QED) is 0.724. The van der Waals surface area contributed by atoms with Gasteiger partial charge in [0.15, 0.2) is 0 Å². The van der Waals surface area contributed by atoms with Gasteiger partial charge in [0, 0.05) is 23.0 Å². The summed E-state index contributed by atoms with van der Waals surface area (Å²) in [5.74, 6) is -3.22. The molecule has 0 saturated heterocycles. The van der Waals surface area contributed by atoms with Gasteiger partial charge in [0.05, 0.1) is 16.8 Å². The number of benzene rings is 2. The summed E-state index contributed by atoms with van der Waals surface area (Å²) in [5, 5.41) is 9.73. The summed E-state index contributed by atoms with van der Waals surface area (Å²) in [6, 6.07) is 6.99. The molecule has 3 rings (SSSR count). The second kappa shape index (κ2) is 7.79. The summed E-state index contributed by atoms with van der Waals surface area (Å²) in [5.41, 5.74) is 7.93. The Morgan fingerprint density at radius 3 is 2.41 bits per heavy atom. The summed E-state index contributed by atoms with van der Waals surface area (Å²) in [6.45, 7) is 3.43. The van der Waals surface area contributed by atoms with E-state index in [1.807, 2.05) is 0 Å². The standard InChI is InChI=1S/C21H18BrFN2O4/c1-10-7-15(20(24)27)18(22)11(2)19(10)25-9-16(21(28)29)14(8-17(25)26)12-3-5-13(23)6-4-12/h3-7,9,14H,8H2,1-2H3,(H2,24,27)(H,28,29)/t14-/m1/s1. The van der Waals surface area contributed by atoms with E-state index in [2.05, 4.69) is 15.9 Å². The molecule has 0 bridgehead atoms. The van der Waals surface area contributed by atoms with Gasteiger partial charge >= 0.3 is 5.97 Å². The Kier molecular flexibility index (Phi) is 5.57. The number of carboxylic acids is 1. The van der Waals surface area contributed by atoms with Crippen LogP contribution in [0.15, 0.2) is 46.6 Å². The topological polar surface area (TPSA) is 101 Å². The molecule has 0 aliphatic carbocycles. The van der Waals surface area contributed by atoms with Crippen LogP contribution in [-0.4, -0.2) is 22.9 Å². The van der Waals surface area contributed by atoms with Gasteiger partial charge in [-0.3, -0.25) is 14.5 Å². The summed E-state index contributed by atoms with van der Waals surface area (Å²) < 4.78 is 13.7. The van der Waals surface area contributed by atoms with Gasteiger partial charge in [0.25, 0.3) is 0 Å². The van der Waals surface area contributed by atoms with Crippen LogP contribution in [0.2, 0.25) is 0 Å². The van der Waals surface area contributed by atoms with E-state index in [0.717, 1.165) is 0 Å². The first kappa shape index (κ1) is 20.7. The van der Waals surface area contributed by atoms with Gasteiger partial charge in [-0.05, 0) is 64.7 Å². The number of rotatable bonds is 4. The van der Waals surface area contributed by atoms with E-state index in [1.165, 1.54) is 35.4 Å². The van der Waals surface area contributed by atoms with Gasteiger partial charge in [-0.25, -0.2) is 9.18 Å². The van der Waals surface area contributed by atoms with Gasteiger partial charge < -0.3 is 10.8 Å². The molecule has 6 nitrogen and oxygen atoms in total. The molecule has 0 saturated carbocycles. The Morgan fingerprint density at radius 1 is 1.24 bits per heavy atom. The van der Waals surface area contributed by atoms with Crippen molar-refractivity contribution in [1.82, 2.24) is 0 Å². The maximum absolute atomic E-state index is 13.2. The molecule has 2 aromatic rings. The third kappa shape index (κ3) is 3.80. The fourth-order valence-electron chi connectivity index (χ4n) is 3.57. The Bertz CT molecular complexity index is 1060. The summed E-state index contributed by atoms with van der Waals surface area (Å²) >= 11 is 3.34. The van der Waals surface area contributed by atoms with E-state index in [0.29, 0.717) is 26.9 Å². The SMILES string of the molecule is Cc1cc(C(N)=O)c(Br)c(C)c1N1C=C(C(=O)O)[C@@H](c2ccc(F)cc2)CC1=O. The lowest BCUT2D eigenvalue weighted by Gasteiger charge is -2.32. The minimum absolute atomic E-state index is 0.0186. The second-order valence-corrected chi connectivity index (χ2v) is 7.65. The molecule has 150 valence electrons. The Hall–Kier alpha value is -3.00. The minimum atomic E-state index is -1.17. The molecule has 8 heteroatoms. The number of hydrogen-bond acceptors (Lipinski definition) is 3. The number of nitrogens with two attached hydrogens (primary N) is 1. The van der Waals surface area contributed by atoms with Crippen LogP contribution in [0, 0.1) is 19.7 Å². The molecule has 29 heavy (non-hydrogen) atoms. The molecule has 3 N–H and O–H groups in total. The maximum atomic E-state index is 13.2. The first-order valence-electron chi connectivity index (χ1n) is 8.73. The van der Waals surface area contributed by atoms with Gasteiger partial charge in [-0.15, -0.1) is 0 Å². The number of hydrogen-bond donors (Lipinski definition) is 2. The molecule has 0 fully saturated rings. The third-order valence-corrected chi connectivity index (χ3v) is 5.99. The van der Waals surface area contributed by atoms with Crippen LogP contribution >= 0.6 is 15.9 Å². The summed E-state index contributed by atoms with van der Waals surface area (Å²) in [6.07, 6.45) is 1.21. The number of halogens is 2. The molecule has 1 heterocycles. The van der Waals surface area contributed by atoms with Crippen LogP contribution in [0.25, 0.3) is 0 Å². The van der Waals surface area contributed by atoms with E-state index >= 15 is 0 Å². The van der Waals surface area contributed by atoms with Crippen LogP contribution < -0.4 is 10.6 Å². The maximum Gasteiger partial charge on any atom is 0.333 e. The van der Waals surface area contributed by atoms with E-state index in [9.17, 15) is 23.9 Å². The lowest BCUT2D eigenvalue weighted by molar-refractivity contribution is -0.133. The lowest BCUT2D eigenvalue weighted by atomic mass is 9.85. The summed E-state index contributed by atoms with van der Waals surface area (Å²) in [4.78, 5) is 37.8. The Labute approximate surface area is 174 Å². The molecule has 0 unspecified atom stereocenters. The van der Waals surface area contributed by atoms with E-state index in [-0.39, 0.29) is 23.5 Å². The highest BCUT2D eigenvalue weighted by molar-refractivity contribution is 9.10. The Morgan fingerprint density at radius 2 is 1.86 bits per heavy atom. The molecular weight excluding hydrogens is 443 g/mol. The molecule has 0 radical (unpaired) electrons. The van der Waals surface area contributed by atoms with Crippen molar-refractivity contribution in [2.24, 2.45) is 5.73 Å². The first-order chi connectivity index (χ1) is 13.6. The number of aryl methyl sites for hydroxylation is 1. The van der Waals surface area contributed by atoms with Gasteiger partial charge in [0.2, 0.25) is 11.8 Å². The van der Waals surface area contributed by atoms with Crippen molar-refractivity contribution in [2.75, 3.05) is 4.90 Å². The summed E-state index contributed by atoms with van der Waals surface area (Å²) in [7, 11) is 0. The highest BCUT2D eigenvalue weighted by Gasteiger charge is 2.34. The predicted octanol–water partition coefficient (Wildman–Crippen LogP) is 3.79. The number of carbonyl (C=O) groups is 3. The number of carboxylic acid groups (broad SMARTS) is 1. The number of primary amides is 1. The zero-order valence-electron chi connectivity index (χ0n) is 15.7. The molecular formula is C21H18BrFN2O4. The number of amides is 2. The van der Waals surface area contributed by atoms with Gasteiger partial charge in [-0.1, -0.05) is 12.1 Å². The second-order valence-electron chi connectivity index (χ2n) is 6.85. The van der Waals surface area contributed by atoms with Crippen molar-refractivity contribution in [3.8, 4) is 0 Å². The zero-order chi connectivity index (χ0) is 21.5. The van der Waals surface area contributed by atoms with Crippen LogP contribution in [-0.2, 0) is 9.59 Å². The number of aliphatic carboxylic acids is 1. The molecule has 1 aliphatic rings. The van der Waals surface area contributed by atoms with Crippen molar-refractivity contribution >= 4 is 39.4 Å². The van der Waals surface area contributed by atoms with Crippen molar-refractivity contribution in [1.29, 1.82) is 0 Å². The van der Waals surface area contributed by atoms with Crippen molar-refractivity contribution in [2.45, 2.75) is 26.2 Å². The van der Waals surface area contributed by atoms with Gasteiger partial charge in [-0.2, -0.15) is 0 Å². The Balaban J connectivity index is 2.14. The smallest absolute Gasteiger partial charge is 0.333 e. The molecule has 2 amide bonds. The fourth-order valence-corrected chi connectivity index (χ4v) is 4.07. The van der Waals surface area contributed by atoms with Crippen LogP contribution in [0.1, 0.15) is 39.4 Å². The van der Waals surface area contributed by atoms with E-state index in [4.69, 9.17) is 5.73 Å². The van der Waals surface area contributed by atoms with Gasteiger partial charge in [0.1, 0.15) is 5.82 Å². The molecule has 0 aromatic heterocycles. The van der Waals surface area contributed by atoms with Crippen molar-refractivity contribution in [3.05, 3.63) is 74.6 Å².